The summed E-state index contributed by atoms with van der Waals surface area (Å²) in [4.78, 5) is 31.9. The minimum absolute atomic E-state index is 0.516. The Labute approximate surface area is 321 Å². The van der Waals surface area contributed by atoms with Crippen molar-refractivity contribution in [3.8, 4) is 51.3 Å². The molecule has 10 aromatic rings. The molecule has 0 spiro atoms. The van der Waals surface area contributed by atoms with Gasteiger partial charge in [-0.3, -0.25) is 4.98 Å². The summed E-state index contributed by atoms with van der Waals surface area (Å²) in [6.45, 7) is 7.51. The van der Waals surface area contributed by atoms with Gasteiger partial charge in [0.1, 0.15) is 34.9 Å². The van der Waals surface area contributed by atoms with Crippen molar-refractivity contribution in [3.05, 3.63) is 150 Å². The summed E-state index contributed by atoms with van der Waals surface area (Å²) in [5, 5.41) is 15.6. The van der Waals surface area contributed by atoms with Gasteiger partial charge in [-0.1, -0.05) is 60.7 Å². The standard InChI is InChI=1S/C46H32N10/c1-26-49-27(2)52-45(51-26)31-13-15-36-34-9-5-7-11-39(34)55(41(36)21-31)43-23-33(30-17-19-48-20-18-30)24-44(38(43)25-47)56-40-12-8-6-10-35(40)37-16-14-32(22-42(37)56)46-53-28(3)50-29(4)54-46/h5-24H,1-4H3. The number of para-hydroxylation sites is 2. The van der Waals surface area contributed by atoms with Gasteiger partial charge >= 0.3 is 0 Å². The van der Waals surface area contributed by atoms with Crippen molar-refractivity contribution in [1.82, 2.24) is 44.0 Å². The van der Waals surface area contributed by atoms with Gasteiger partial charge in [-0.25, -0.2) is 29.9 Å². The summed E-state index contributed by atoms with van der Waals surface area (Å²) in [6, 6.07) is 40.2. The van der Waals surface area contributed by atoms with Gasteiger partial charge in [0, 0.05) is 45.1 Å². The van der Waals surface area contributed by atoms with Gasteiger partial charge in [0.05, 0.1) is 33.4 Å². The normalized spacial score (nSPS) is 11.6. The number of rotatable bonds is 5. The molecule has 0 N–H and O–H groups in total. The summed E-state index contributed by atoms with van der Waals surface area (Å²) in [6.07, 6.45) is 3.59. The zero-order chi connectivity index (χ0) is 38.1. The Morgan fingerprint density at radius 1 is 0.429 bits per heavy atom. The average molecular weight is 725 g/mol. The second-order valence-electron chi connectivity index (χ2n) is 13.9. The fourth-order valence-corrected chi connectivity index (χ4v) is 8.02. The molecular formula is C46H32N10. The number of pyridine rings is 1. The number of hydrogen-bond acceptors (Lipinski definition) is 8. The van der Waals surface area contributed by atoms with Crippen molar-refractivity contribution in [2.75, 3.05) is 0 Å². The summed E-state index contributed by atoms with van der Waals surface area (Å²) in [5.74, 6) is 3.83. The Kier molecular flexibility index (Phi) is 7.50. The first-order valence-corrected chi connectivity index (χ1v) is 18.3. The van der Waals surface area contributed by atoms with E-state index in [0.717, 1.165) is 77.2 Å². The van der Waals surface area contributed by atoms with E-state index in [-0.39, 0.29) is 0 Å². The van der Waals surface area contributed by atoms with Crippen LogP contribution >= 0.6 is 0 Å². The predicted octanol–water partition coefficient (Wildman–Crippen LogP) is 9.75. The van der Waals surface area contributed by atoms with Crippen LogP contribution in [0.2, 0.25) is 0 Å². The molecule has 0 bridgehead atoms. The van der Waals surface area contributed by atoms with Gasteiger partial charge in [-0.15, -0.1) is 0 Å². The number of hydrogen-bond donors (Lipinski definition) is 0. The number of benzene rings is 5. The van der Waals surface area contributed by atoms with E-state index in [1.54, 1.807) is 12.4 Å². The summed E-state index contributed by atoms with van der Waals surface area (Å²) < 4.78 is 4.41. The quantitative estimate of drug-likeness (QED) is 0.172. The molecule has 5 aromatic carbocycles. The van der Waals surface area contributed by atoms with Crippen LogP contribution in [0.15, 0.2) is 122 Å². The fraction of sp³-hybridized carbons (Fsp3) is 0.0870. The first-order valence-electron chi connectivity index (χ1n) is 18.3. The molecule has 0 fully saturated rings. The molecule has 0 saturated carbocycles. The molecule has 0 unspecified atom stereocenters. The lowest BCUT2D eigenvalue weighted by Gasteiger charge is -2.18. The number of fused-ring (bicyclic) bond motifs is 6. The molecule has 0 aliphatic heterocycles. The third-order valence-corrected chi connectivity index (χ3v) is 10.3. The van der Waals surface area contributed by atoms with Gasteiger partial charge in [0.15, 0.2) is 11.6 Å². The van der Waals surface area contributed by atoms with Crippen molar-refractivity contribution < 1.29 is 0 Å². The minimum Gasteiger partial charge on any atom is -0.308 e. The van der Waals surface area contributed by atoms with Crippen LogP contribution in [0.5, 0.6) is 0 Å². The zero-order valence-corrected chi connectivity index (χ0v) is 31.0. The number of nitriles is 1. The zero-order valence-electron chi connectivity index (χ0n) is 31.0. The van der Waals surface area contributed by atoms with E-state index >= 15 is 0 Å². The lowest BCUT2D eigenvalue weighted by molar-refractivity contribution is 0.928. The van der Waals surface area contributed by atoms with Crippen LogP contribution in [0.3, 0.4) is 0 Å². The van der Waals surface area contributed by atoms with Crippen LogP contribution < -0.4 is 0 Å². The molecule has 10 heteroatoms. The molecule has 0 radical (unpaired) electrons. The fourth-order valence-electron chi connectivity index (χ4n) is 8.02. The maximum absolute atomic E-state index is 11.4. The van der Waals surface area contributed by atoms with Crippen molar-refractivity contribution in [2.24, 2.45) is 0 Å². The second-order valence-corrected chi connectivity index (χ2v) is 13.9. The number of nitrogens with zero attached hydrogens (tertiary/aromatic N) is 10. The summed E-state index contributed by atoms with van der Waals surface area (Å²) in [5.41, 5.74) is 9.44. The monoisotopic (exact) mass is 724 g/mol. The van der Waals surface area contributed by atoms with Gasteiger partial charge in [0.25, 0.3) is 0 Å². The third-order valence-electron chi connectivity index (χ3n) is 10.3. The van der Waals surface area contributed by atoms with Crippen molar-refractivity contribution in [2.45, 2.75) is 27.7 Å². The van der Waals surface area contributed by atoms with Crippen LogP contribution in [0.4, 0.5) is 0 Å². The number of aryl methyl sites for hydroxylation is 4. The maximum Gasteiger partial charge on any atom is 0.163 e. The molecule has 0 atom stereocenters. The molecule has 0 aliphatic carbocycles. The molecule has 5 heterocycles. The molecule has 266 valence electrons. The highest BCUT2D eigenvalue weighted by atomic mass is 15.0. The van der Waals surface area contributed by atoms with Crippen LogP contribution in [0.1, 0.15) is 28.9 Å². The third kappa shape index (κ3) is 5.28. The van der Waals surface area contributed by atoms with Crippen LogP contribution in [0, 0.1) is 39.0 Å². The highest BCUT2D eigenvalue weighted by Crippen LogP contribution is 2.41. The Balaban J connectivity index is 1.33. The largest absolute Gasteiger partial charge is 0.308 e. The second kappa shape index (κ2) is 12.7. The number of aromatic nitrogens is 9. The van der Waals surface area contributed by atoms with Crippen LogP contribution in [-0.2, 0) is 0 Å². The average Bonchev–Trinajstić information content (AvgIpc) is 3.72. The minimum atomic E-state index is 0.516. The van der Waals surface area contributed by atoms with E-state index in [9.17, 15) is 5.26 Å². The van der Waals surface area contributed by atoms with E-state index in [1.807, 2.05) is 64.1 Å². The maximum atomic E-state index is 11.4. The molecule has 10 rings (SSSR count). The van der Waals surface area contributed by atoms with Gasteiger partial charge in [-0.2, -0.15) is 5.26 Å². The van der Waals surface area contributed by atoms with Crippen molar-refractivity contribution >= 4 is 43.6 Å². The van der Waals surface area contributed by atoms with E-state index in [0.29, 0.717) is 40.5 Å². The first kappa shape index (κ1) is 33.0. The lowest BCUT2D eigenvalue weighted by atomic mass is 10.0. The van der Waals surface area contributed by atoms with E-state index in [2.05, 4.69) is 103 Å². The summed E-state index contributed by atoms with van der Waals surface area (Å²) in [7, 11) is 0. The highest BCUT2D eigenvalue weighted by Gasteiger charge is 2.23. The molecular weight excluding hydrogens is 693 g/mol. The van der Waals surface area contributed by atoms with Crippen LogP contribution in [-0.4, -0.2) is 44.0 Å². The Bertz CT molecular complexity index is 3030. The van der Waals surface area contributed by atoms with E-state index < -0.39 is 0 Å². The molecule has 0 amide bonds. The highest BCUT2D eigenvalue weighted by molar-refractivity contribution is 6.12. The Hall–Kier alpha value is -7.64. The van der Waals surface area contributed by atoms with Gasteiger partial charge in [-0.05, 0) is 87.4 Å². The Morgan fingerprint density at radius 2 is 0.857 bits per heavy atom. The smallest absolute Gasteiger partial charge is 0.163 e. The first-order chi connectivity index (χ1) is 27.3. The van der Waals surface area contributed by atoms with Crippen LogP contribution in [0.25, 0.3) is 88.9 Å². The predicted molar refractivity (Wildman–Crippen MR) is 220 cm³/mol. The molecule has 10 nitrogen and oxygen atoms in total. The van der Waals surface area contributed by atoms with Crippen molar-refractivity contribution in [1.29, 1.82) is 5.26 Å². The molecule has 56 heavy (non-hydrogen) atoms. The van der Waals surface area contributed by atoms with Gasteiger partial charge < -0.3 is 9.13 Å². The van der Waals surface area contributed by atoms with Crippen molar-refractivity contribution in [3.63, 3.8) is 0 Å². The topological polar surface area (TPSA) is 124 Å². The molecule has 5 aromatic heterocycles. The van der Waals surface area contributed by atoms with E-state index in [4.69, 9.17) is 19.9 Å². The lowest BCUT2D eigenvalue weighted by Crippen LogP contribution is -2.05. The molecule has 0 aliphatic rings. The molecule has 0 saturated heterocycles. The van der Waals surface area contributed by atoms with Gasteiger partial charge in [0.2, 0.25) is 0 Å². The SMILES string of the molecule is Cc1nc(C)nc(-c2ccc3c4ccccc4n(-c4cc(-c5ccncc5)cc(-n5c6ccccc6c6ccc(-c7nc(C)nc(C)n7)cc65)c4C#N)c3c2)n1. The van der Waals surface area contributed by atoms with E-state index in [1.165, 1.54) is 0 Å². The summed E-state index contributed by atoms with van der Waals surface area (Å²) >= 11 is 0. The Morgan fingerprint density at radius 3 is 1.30 bits per heavy atom.